The molecule has 1 aliphatic heterocycles. The number of halogens is 1. The number of imide groups is 1. The first-order valence-electron chi connectivity index (χ1n) is 8.04. The third kappa shape index (κ3) is 4.15. The van der Waals surface area contributed by atoms with Crippen LogP contribution in [0.1, 0.15) is 18.1 Å². The van der Waals surface area contributed by atoms with E-state index in [9.17, 15) is 9.59 Å². The van der Waals surface area contributed by atoms with Gasteiger partial charge in [-0.05, 0) is 36.8 Å². The van der Waals surface area contributed by atoms with E-state index < -0.39 is 11.9 Å². The summed E-state index contributed by atoms with van der Waals surface area (Å²) in [5.41, 5.74) is 1.75. The maximum atomic E-state index is 11.6. The molecule has 7 heteroatoms. The van der Waals surface area contributed by atoms with Gasteiger partial charge >= 0.3 is 6.03 Å². The molecule has 3 amide bonds. The minimum Gasteiger partial charge on any atom is -0.490 e. The van der Waals surface area contributed by atoms with Gasteiger partial charge in [0.05, 0.1) is 6.61 Å². The van der Waals surface area contributed by atoms with Crippen molar-refractivity contribution in [3.05, 3.63) is 64.3 Å². The zero-order valence-electron chi connectivity index (χ0n) is 14.0. The zero-order valence-corrected chi connectivity index (χ0v) is 14.8. The molecule has 1 fully saturated rings. The number of benzene rings is 2. The SMILES string of the molecule is CCOc1cc(/C=C2/NC(=O)NC2=O)ccc1OCc1ccccc1Cl. The summed E-state index contributed by atoms with van der Waals surface area (Å²) in [7, 11) is 0. The molecule has 1 heterocycles. The second-order valence-corrected chi connectivity index (χ2v) is 5.89. The van der Waals surface area contributed by atoms with Crippen LogP contribution in [0.25, 0.3) is 6.08 Å². The first kappa shape index (κ1) is 17.8. The predicted molar refractivity (Wildman–Crippen MR) is 98.0 cm³/mol. The number of rotatable bonds is 6. The lowest BCUT2D eigenvalue weighted by Crippen LogP contribution is -2.22. The molecule has 0 atom stereocenters. The minimum absolute atomic E-state index is 0.183. The smallest absolute Gasteiger partial charge is 0.326 e. The van der Waals surface area contributed by atoms with Crippen LogP contribution in [0.3, 0.4) is 0 Å². The number of hydrogen-bond donors (Lipinski definition) is 2. The first-order chi connectivity index (χ1) is 12.6. The number of carbonyl (C=O) groups excluding carboxylic acids is 2. The van der Waals surface area contributed by atoms with Crippen LogP contribution in [-0.2, 0) is 11.4 Å². The fourth-order valence-electron chi connectivity index (χ4n) is 2.42. The molecule has 26 heavy (non-hydrogen) atoms. The number of ether oxygens (including phenoxy) is 2. The summed E-state index contributed by atoms with van der Waals surface area (Å²) in [6.45, 7) is 2.63. The lowest BCUT2D eigenvalue weighted by Gasteiger charge is -2.13. The summed E-state index contributed by atoms with van der Waals surface area (Å²) in [4.78, 5) is 22.8. The van der Waals surface area contributed by atoms with Crippen LogP contribution in [0, 0.1) is 0 Å². The first-order valence-corrected chi connectivity index (χ1v) is 8.41. The second kappa shape index (κ2) is 7.93. The highest BCUT2D eigenvalue weighted by Gasteiger charge is 2.22. The third-order valence-corrected chi connectivity index (χ3v) is 4.01. The van der Waals surface area contributed by atoms with Crippen molar-refractivity contribution in [2.75, 3.05) is 6.61 Å². The Bertz CT molecular complexity index is 880. The standard InChI is InChI=1S/C19H17ClN2O4/c1-2-25-17-10-12(9-15-18(23)22-19(24)21-15)7-8-16(17)26-11-13-5-3-4-6-14(13)20/h3-10H,2,11H2,1H3,(H2,21,22,23,24)/b15-9+. The monoisotopic (exact) mass is 372 g/mol. The lowest BCUT2D eigenvalue weighted by atomic mass is 10.1. The van der Waals surface area contributed by atoms with Gasteiger partial charge in [0.2, 0.25) is 0 Å². The van der Waals surface area contributed by atoms with Gasteiger partial charge in [0.25, 0.3) is 5.91 Å². The molecule has 0 unspecified atom stereocenters. The Balaban J connectivity index is 1.80. The summed E-state index contributed by atoms with van der Waals surface area (Å²) in [5, 5.41) is 5.24. The fraction of sp³-hybridized carbons (Fsp3) is 0.158. The van der Waals surface area contributed by atoms with Crippen molar-refractivity contribution in [3.63, 3.8) is 0 Å². The van der Waals surface area contributed by atoms with E-state index >= 15 is 0 Å². The largest absolute Gasteiger partial charge is 0.490 e. The third-order valence-electron chi connectivity index (χ3n) is 3.64. The Kier molecular flexibility index (Phi) is 5.43. The molecule has 134 valence electrons. The van der Waals surface area contributed by atoms with Crippen molar-refractivity contribution >= 4 is 29.6 Å². The van der Waals surface area contributed by atoms with Gasteiger partial charge in [0.15, 0.2) is 11.5 Å². The summed E-state index contributed by atoms with van der Waals surface area (Å²) < 4.78 is 11.5. The van der Waals surface area contributed by atoms with E-state index in [-0.39, 0.29) is 5.70 Å². The molecule has 0 aromatic heterocycles. The van der Waals surface area contributed by atoms with Gasteiger partial charge in [-0.1, -0.05) is 35.9 Å². The van der Waals surface area contributed by atoms with Gasteiger partial charge in [0, 0.05) is 10.6 Å². The lowest BCUT2D eigenvalue weighted by molar-refractivity contribution is -0.115. The van der Waals surface area contributed by atoms with Crippen molar-refractivity contribution in [2.45, 2.75) is 13.5 Å². The van der Waals surface area contributed by atoms with E-state index in [0.29, 0.717) is 35.3 Å². The van der Waals surface area contributed by atoms with E-state index in [2.05, 4.69) is 10.6 Å². The van der Waals surface area contributed by atoms with Crippen molar-refractivity contribution in [3.8, 4) is 11.5 Å². The molecule has 2 N–H and O–H groups in total. The second-order valence-electron chi connectivity index (χ2n) is 5.49. The molecule has 0 radical (unpaired) electrons. The highest BCUT2D eigenvalue weighted by Crippen LogP contribution is 2.30. The van der Waals surface area contributed by atoms with Gasteiger partial charge in [-0.25, -0.2) is 4.79 Å². The van der Waals surface area contributed by atoms with Crippen molar-refractivity contribution < 1.29 is 19.1 Å². The van der Waals surface area contributed by atoms with Gasteiger partial charge in [-0.15, -0.1) is 0 Å². The normalized spacial score (nSPS) is 14.9. The molecule has 0 aliphatic carbocycles. The zero-order chi connectivity index (χ0) is 18.5. The Morgan fingerprint density at radius 1 is 1.04 bits per heavy atom. The number of carbonyl (C=O) groups is 2. The van der Waals surface area contributed by atoms with Crippen molar-refractivity contribution in [1.82, 2.24) is 10.6 Å². The van der Waals surface area contributed by atoms with Gasteiger partial charge in [-0.2, -0.15) is 0 Å². The molecule has 6 nitrogen and oxygen atoms in total. The van der Waals surface area contributed by atoms with Crippen LogP contribution < -0.4 is 20.1 Å². The quantitative estimate of drug-likeness (QED) is 0.601. The van der Waals surface area contributed by atoms with Crippen LogP contribution in [0.5, 0.6) is 11.5 Å². The summed E-state index contributed by atoms with van der Waals surface area (Å²) in [6, 6.07) is 12.2. The molecule has 0 spiro atoms. The maximum Gasteiger partial charge on any atom is 0.326 e. The van der Waals surface area contributed by atoms with E-state index in [1.54, 1.807) is 30.3 Å². The topological polar surface area (TPSA) is 76.7 Å². The van der Waals surface area contributed by atoms with Gasteiger partial charge < -0.3 is 14.8 Å². The predicted octanol–water partition coefficient (Wildman–Crippen LogP) is 3.50. The fourth-order valence-corrected chi connectivity index (χ4v) is 2.61. The average molecular weight is 373 g/mol. The summed E-state index contributed by atoms with van der Waals surface area (Å²) in [6.07, 6.45) is 1.57. The molecule has 0 saturated carbocycles. The Hall–Kier alpha value is -2.99. The highest BCUT2D eigenvalue weighted by atomic mass is 35.5. The minimum atomic E-state index is -0.536. The van der Waals surface area contributed by atoms with Crippen LogP contribution in [0.4, 0.5) is 4.79 Å². The Labute approximate surface area is 155 Å². The van der Waals surface area contributed by atoms with Gasteiger partial charge in [-0.3, -0.25) is 10.1 Å². The number of amides is 3. The van der Waals surface area contributed by atoms with Crippen LogP contribution in [0.2, 0.25) is 5.02 Å². The summed E-state index contributed by atoms with van der Waals surface area (Å²) >= 11 is 6.15. The van der Waals surface area contributed by atoms with Crippen LogP contribution in [0.15, 0.2) is 48.2 Å². The molecule has 1 aliphatic rings. The molecular weight excluding hydrogens is 356 g/mol. The molecule has 1 saturated heterocycles. The van der Waals surface area contributed by atoms with E-state index in [0.717, 1.165) is 5.56 Å². The summed E-state index contributed by atoms with van der Waals surface area (Å²) in [5.74, 6) is 0.638. The van der Waals surface area contributed by atoms with Crippen molar-refractivity contribution in [1.29, 1.82) is 0 Å². The van der Waals surface area contributed by atoms with Crippen molar-refractivity contribution in [2.24, 2.45) is 0 Å². The van der Waals surface area contributed by atoms with Crippen LogP contribution >= 0.6 is 11.6 Å². The van der Waals surface area contributed by atoms with E-state index in [1.807, 2.05) is 25.1 Å². The Morgan fingerprint density at radius 2 is 1.85 bits per heavy atom. The van der Waals surface area contributed by atoms with E-state index in [4.69, 9.17) is 21.1 Å². The highest BCUT2D eigenvalue weighted by molar-refractivity contribution is 6.31. The number of hydrogen-bond acceptors (Lipinski definition) is 4. The Morgan fingerprint density at radius 3 is 2.54 bits per heavy atom. The van der Waals surface area contributed by atoms with Crippen LogP contribution in [-0.4, -0.2) is 18.5 Å². The average Bonchev–Trinajstić information content (AvgIpc) is 2.93. The number of nitrogens with one attached hydrogen (secondary N) is 2. The molecule has 2 aromatic carbocycles. The molecule has 2 aromatic rings. The van der Waals surface area contributed by atoms with Gasteiger partial charge in [0.1, 0.15) is 12.3 Å². The van der Waals surface area contributed by atoms with E-state index in [1.165, 1.54) is 0 Å². The molecular formula is C19H17ClN2O4. The number of urea groups is 1. The molecule has 0 bridgehead atoms. The molecule has 3 rings (SSSR count). The maximum absolute atomic E-state index is 11.6.